The van der Waals surface area contributed by atoms with Crippen molar-refractivity contribution in [2.75, 3.05) is 13.7 Å². The van der Waals surface area contributed by atoms with Gasteiger partial charge in [-0.25, -0.2) is 0 Å². The van der Waals surface area contributed by atoms with Crippen LogP contribution in [0.5, 0.6) is 0 Å². The fourth-order valence-corrected chi connectivity index (χ4v) is 2.76. The summed E-state index contributed by atoms with van der Waals surface area (Å²) in [6, 6.07) is 0.755. The quantitative estimate of drug-likeness (QED) is 0.794. The molecule has 0 heterocycles. The first kappa shape index (κ1) is 16.9. The predicted octanol–water partition coefficient (Wildman–Crippen LogP) is 3.59. The Morgan fingerprint density at radius 3 is 1.88 bits per heavy atom. The summed E-state index contributed by atoms with van der Waals surface area (Å²) in [6.45, 7) is 7.18. The Balaban J connectivity index is 0.000000437. The van der Waals surface area contributed by atoms with Gasteiger partial charge in [0.25, 0.3) is 0 Å². The molecule has 2 N–H and O–H groups in total. The van der Waals surface area contributed by atoms with Gasteiger partial charge in [0, 0.05) is 12.6 Å². The van der Waals surface area contributed by atoms with Crippen LogP contribution in [0.4, 0.5) is 0 Å². The van der Waals surface area contributed by atoms with E-state index in [1.807, 2.05) is 0 Å². The summed E-state index contributed by atoms with van der Waals surface area (Å²) in [5.74, 6) is 1.73. The van der Waals surface area contributed by atoms with Gasteiger partial charge >= 0.3 is 0 Å². The first-order chi connectivity index (χ1) is 8.17. The van der Waals surface area contributed by atoms with Crippen molar-refractivity contribution in [3.63, 3.8) is 0 Å². The minimum atomic E-state index is 0.344. The molecule has 1 rings (SSSR count). The molecule has 2 atom stereocenters. The van der Waals surface area contributed by atoms with Gasteiger partial charge in [-0.05, 0) is 38.1 Å². The van der Waals surface area contributed by atoms with E-state index in [1.165, 1.54) is 32.1 Å². The van der Waals surface area contributed by atoms with Gasteiger partial charge < -0.3 is 10.4 Å². The molecule has 2 unspecified atom stereocenters. The summed E-state index contributed by atoms with van der Waals surface area (Å²) in [5, 5.41) is 11.5. The van der Waals surface area contributed by atoms with Crippen LogP contribution in [-0.4, -0.2) is 24.8 Å². The van der Waals surface area contributed by atoms with Crippen LogP contribution >= 0.6 is 0 Å². The molecule has 0 saturated heterocycles. The Labute approximate surface area is 108 Å². The van der Waals surface area contributed by atoms with Crippen LogP contribution in [-0.2, 0) is 0 Å². The first-order valence-electron chi connectivity index (χ1n) is 7.45. The van der Waals surface area contributed by atoms with Crippen LogP contribution in [0, 0.1) is 11.8 Å². The Hall–Kier alpha value is -0.0800. The van der Waals surface area contributed by atoms with Crippen molar-refractivity contribution in [2.24, 2.45) is 11.8 Å². The van der Waals surface area contributed by atoms with Crippen molar-refractivity contribution in [3.8, 4) is 0 Å². The fraction of sp³-hybridized carbons (Fsp3) is 1.00. The lowest BCUT2D eigenvalue weighted by Gasteiger charge is -2.31. The van der Waals surface area contributed by atoms with Crippen LogP contribution in [0.15, 0.2) is 0 Å². The van der Waals surface area contributed by atoms with Gasteiger partial charge in [0.1, 0.15) is 0 Å². The van der Waals surface area contributed by atoms with E-state index in [0.717, 1.165) is 30.7 Å². The molecule has 0 amide bonds. The topological polar surface area (TPSA) is 32.3 Å². The molecule has 1 aliphatic carbocycles. The fourth-order valence-electron chi connectivity index (χ4n) is 2.76. The zero-order valence-electron chi connectivity index (χ0n) is 12.3. The molecular formula is C15H33NO. The maximum Gasteiger partial charge on any atom is 0.0430 e. The molecule has 0 aromatic carbocycles. The third-order valence-electron chi connectivity index (χ3n) is 3.89. The summed E-state index contributed by atoms with van der Waals surface area (Å²) in [4.78, 5) is 0. The van der Waals surface area contributed by atoms with Gasteiger partial charge in [-0.3, -0.25) is 0 Å². The maximum atomic E-state index is 8.07. The maximum absolute atomic E-state index is 8.07. The molecule has 2 nitrogen and oxygen atoms in total. The van der Waals surface area contributed by atoms with Crippen LogP contribution in [0.2, 0.25) is 0 Å². The SMILES string of the molecule is CCCCO.CNC1C(C)CCCCCC1C. The molecule has 0 bridgehead atoms. The third kappa shape index (κ3) is 7.77. The summed E-state index contributed by atoms with van der Waals surface area (Å²) in [6.07, 6.45) is 9.19. The summed E-state index contributed by atoms with van der Waals surface area (Å²) in [5.41, 5.74) is 0. The molecule has 0 spiro atoms. The van der Waals surface area contributed by atoms with E-state index in [2.05, 4.69) is 33.1 Å². The lowest BCUT2D eigenvalue weighted by molar-refractivity contribution is 0.246. The third-order valence-corrected chi connectivity index (χ3v) is 3.89. The summed E-state index contributed by atoms with van der Waals surface area (Å²) in [7, 11) is 2.11. The zero-order valence-corrected chi connectivity index (χ0v) is 12.3. The molecule has 17 heavy (non-hydrogen) atoms. The number of aliphatic hydroxyl groups excluding tert-OH is 1. The Morgan fingerprint density at radius 1 is 1.06 bits per heavy atom. The second-order valence-electron chi connectivity index (χ2n) is 5.48. The average molecular weight is 243 g/mol. The molecule has 0 aromatic rings. The monoisotopic (exact) mass is 243 g/mol. The zero-order chi connectivity index (χ0) is 13.1. The second-order valence-corrected chi connectivity index (χ2v) is 5.48. The lowest BCUT2D eigenvalue weighted by atomic mass is 9.82. The lowest BCUT2D eigenvalue weighted by Crippen LogP contribution is -2.38. The number of nitrogens with one attached hydrogen (secondary N) is 1. The van der Waals surface area contributed by atoms with E-state index in [4.69, 9.17) is 5.11 Å². The van der Waals surface area contributed by atoms with E-state index in [9.17, 15) is 0 Å². The van der Waals surface area contributed by atoms with Crippen molar-refractivity contribution in [3.05, 3.63) is 0 Å². The van der Waals surface area contributed by atoms with E-state index >= 15 is 0 Å². The highest BCUT2D eigenvalue weighted by Crippen LogP contribution is 2.26. The van der Waals surface area contributed by atoms with Crippen molar-refractivity contribution in [1.82, 2.24) is 5.32 Å². The van der Waals surface area contributed by atoms with E-state index in [-0.39, 0.29) is 0 Å². The first-order valence-corrected chi connectivity index (χ1v) is 7.45. The minimum Gasteiger partial charge on any atom is -0.396 e. The number of aliphatic hydroxyl groups is 1. The number of hydrogen-bond acceptors (Lipinski definition) is 2. The van der Waals surface area contributed by atoms with Crippen molar-refractivity contribution >= 4 is 0 Å². The standard InChI is InChI=1S/C11H23N.C4H10O/c1-9-7-5-4-6-8-10(2)11(9)12-3;1-2-3-4-5/h9-12H,4-8H2,1-3H3;5H,2-4H2,1H3. The predicted molar refractivity (Wildman–Crippen MR) is 76.3 cm³/mol. The van der Waals surface area contributed by atoms with E-state index in [0.29, 0.717) is 6.61 Å². The molecule has 0 radical (unpaired) electrons. The van der Waals surface area contributed by atoms with Crippen LogP contribution in [0.1, 0.15) is 65.7 Å². The molecule has 1 fully saturated rings. The van der Waals surface area contributed by atoms with E-state index < -0.39 is 0 Å². The largest absolute Gasteiger partial charge is 0.396 e. The number of hydrogen-bond donors (Lipinski definition) is 2. The summed E-state index contributed by atoms with van der Waals surface area (Å²) >= 11 is 0. The van der Waals surface area contributed by atoms with Crippen molar-refractivity contribution in [2.45, 2.75) is 71.8 Å². The molecule has 0 aliphatic heterocycles. The van der Waals surface area contributed by atoms with Gasteiger partial charge in [-0.1, -0.05) is 46.5 Å². The molecule has 1 aliphatic rings. The molecular weight excluding hydrogens is 210 g/mol. The van der Waals surface area contributed by atoms with Gasteiger partial charge in [0.05, 0.1) is 0 Å². The highest BCUT2D eigenvalue weighted by Gasteiger charge is 2.22. The number of unbranched alkanes of at least 4 members (excludes halogenated alkanes) is 1. The van der Waals surface area contributed by atoms with Gasteiger partial charge in [0.2, 0.25) is 0 Å². The Morgan fingerprint density at radius 2 is 1.59 bits per heavy atom. The average Bonchev–Trinajstić information content (AvgIpc) is 2.29. The van der Waals surface area contributed by atoms with Crippen molar-refractivity contribution < 1.29 is 5.11 Å². The Bertz CT molecular complexity index is 147. The van der Waals surface area contributed by atoms with Gasteiger partial charge in [-0.15, -0.1) is 0 Å². The second kappa shape index (κ2) is 11.0. The Kier molecular flexibility index (Phi) is 11.0. The van der Waals surface area contributed by atoms with Crippen LogP contribution in [0.3, 0.4) is 0 Å². The van der Waals surface area contributed by atoms with Crippen LogP contribution < -0.4 is 5.32 Å². The van der Waals surface area contributed by atoms with Crippen LogP contribution in [0.25, 0.3) is 0 Å². The van der Waals surface area contributed by atoms with Crippen molar-refractivity contribution in [1.29, 1.82) is 0 Å². The molecule has 0 aromatic heterocycles. The smallest absolute Gasteiger partial charge is 0.0430 e. The number of rotatable bonds is 3. The molecule has 1 saturated carbocycles. The highest BCUT2D eigenvalue weighted by atomic mass is 16.2. The highest BCUT2D eigenvalue weighted by molar-refractivity contribution is 4.79. The van der Waals surface area contributed by atoms with E-state index in [1.54, 1.807) is 0 Å². The minimum absolute atomic E-state index is 0.344. The van der Waals surface area contributed by atoms with Gasteiger partial charge in [0.15, 0.2) is 0 Å². The molecule has 104 valence electrons. The van der Waals surface area contributed by atoms with Gasteiger partial charge in [-0.2, -0.15) is 0 Å². The molecule has 2 heteroatoms. The normalized spacial score (nSPS) is 29.8. The summed E-state index contributed by atoms with van der Waals surface area (Å²) < 4.78 is 0.